The Morgan fingerprint density at radius 2 is 1.66 bits per heavy atom. The van der Waals surface area contributed by atoms with Crippen LogP contribution in [0.25, 0.3) is 0 Å². The van der Waals surface area contributed by atoms with Crippen LogP contribution in [-0.4, -0.2) is 79.6 Å². The van der Waals surface area contributed by atoms with Gasteiger partial charge in [0.25, 0.3) is 0 Å². The minimum absolute atomic E-state index is 0.0279. The highest BCUT2D eigenvalue weighted by Gasteiger charge is 2.37. The molecule has 2 heterocycles. The van der Waals surface area contributed by atoms with Gasteiger partial charge >= 0.3 is 12.0 Å². The van der Waals surface area contributed by atoms with Gasteiger partial charge in [-0.2, -0.15) is 0 Å². The Labute approximate surface area is 192 Å². The molecule has 2 aliphatic rings. The monoisotopic (exact) mass is 442 g/mol. The predicted molar refractivity (Wildman–Crippen MR) is 126 cm³/mol. The minimum atomic E-state index is -0.529. The smallest absolute Gasteiger partial charge is 0.338 e. The van der Waals surface area contributed by atoms with E-state index in [1.807, 2.05) is 12.1 Å². The van der Waals surface area contributed by atoms with Crippen LogP contribution in [0.4, 0.5) is 4.79 Å². The molecular weight excluding hydrogens is 404 g/mol. The molecule has 7 nitrogen and oxygen atoms in total. The van der Waals surface area contributed by atoms with E-state index in [4.69, 9.17) is 4.74 Å². The number of benzene rings is 1. The molecule has 1 fully saturated rings. The molecule has 1 aromatic rings. The lowest BCUT2D eigenvalue weighted by Gasteiger charge is -2.39. The summed E-state index contributed by atoms with van der Waals surface area (Å²) in [7, 11) is 1.73. The summed E-state index contributed by atoms with van der Waals surface area (Å²) in [5, 5.41) is 3.01. The molecule has 2 aliphatic heterocycles. The molecule has 32 heavy (non-hydrogen) atoms. The predicted octanol–water partition coefficient (Wildman–Crippen LogP) is 3.13. The van der Waals surface area contributed by atoms with E-state index >= 15 is 0 Å². The standard InChI is InChI=1S/C25H38N4O3/c1-7-28-13-15-29(16-14-28)17-20-21(23(30)32-8-2)22(26-24(31)27(20)6)18-9-11-19(12-10-18)25(3,4)5/h9-12,22H,7-8,13-17H2,1-6H3,(H,26,31)/t22-/m0/s1. The van der Waals surface area contributed by atoms with Crippen LogP contribution >= 0.6 is 0 Å². The van der Waals surface area contributed by atoms with Gasteiger partial charge in [-0.1, -0.05) is 52.0 Å². The molecule has 0 unspecified atom stereocenters. The second-order valence-corrected chi connectivity index (χ2v) is 9.60. The maximum Gasteiger partial charge on any atom is 0.338 e. The van der Waals surface area contributed by atoms with Gasteiger partial charge in [0, 0.05) is 45.5 Å². The zero-order valence-corrected chi connectivity index (χ0v) is 20.4. The van der Waals surface area contributed by atoms with Crippen molar-refractivity contribution >= 4 is 12.0 Å². The molecule has 0 spiro atoms. The Kier molecular flexibility index (Phi) is 7.62. The fourth-order valence-electron chi connectivity index (χ4n) is 4.30. The van der Waals surface area contributed by atoms with Gasteiger partial charge in [-0.3, -0.25) is 9.80 Å². The van der Waals surface area contributed by atoms with Gasteiger partial charge in [0.15, 0.2) is 0 Å². The van der Waals surface area contributed by atoms with Crippen molar-refractivity contribution in [1.29, 1.82) is 0 Å². The van der Waals surface area contributed by atoms with E-state index in [0.29, 0.717) is 12.1 Å². The lowest BCUT2D eigenvalue weighted by molar-refractivity contribution is -0.139. The Bertz CT molecular complexity index is 849. The molecule has 176 valence electrons. The fraction of sp³-hybridized carbons (Fsp3) is 0.600. The van der Waals surface area contributed by atoms with Crippen molar-refractivity contribution in [3.8, 4) is 0 Å². The lowest BCUT2D eigenvalue weighted by atomic mass is 9.85. The van der Waals surface area contributed by atoms with Crippen LogP contribution < -0.4 is 5.32 Å². The number of likely N-dealkylation sites (N-methyl/N-ethyl adjacent to an activating group) is 2. The summed E-state index contributed by atoms with van der Waals surface area (Å²) >= 11 is 0. The van der Waals surface area contributed by atoms with E-state index in [9.17, 15) is 9.59 Å². The molecule has 1 saturated heterocycles. The molecule has 1 atom stereocenters. The first kappa shape index (κ1) is 24.3. The number of nitrogens with zero attached hydrogens (tertiary/aromatic N) is 3. The van der Waals surface area contributed by atoms with Crippen molar-refractivity contribution < 1.29 is 14.3 Å². The number of amides is 2. The number of hydrogen-bond acceptors (Lipinski definition) is 5. The van der Waals surface area contributed by atoms with Crippen molar-refractivity contribution in [2.75, 3.05) is 52.9 Å². The van der Waals surface area contributed by atoms with Gasteiger partial charge in [0.2, 0.25) is 0 Å². The number of hydrogen-bond donors (Lipinski definition) is 1. The SMILES string of the molecule is CCOC(=O)C1=C(CN2CCN(CC)CC2)N(C)C(=O)N[C@H]1c1ccc(C(C)(C)C)cc1. The molecule has 0 bridgehead atoms. The summed E-state index contributed by atoms with van der Waals surface area (Å²) in [6.45, 7) is 16.2. The highest BCUT2D eigenvalue weighted by Crippen LogP contribution is 2.33. The first-order valence-corrected chi connectivity index (χ1v) is 11.6. The van der Waals surface area contributed by atoms with E-state index < -0.39 is 6.04 Å². The third-order valence-electron chi connectivity index (χ3n) is 6.47. The van der Waals surface area contributed by atoms with Crippen LogP contribution in [0.2, 0.25) is 0 Å². The molecular formula is C25H38N4O3. The van der Waals surface area contributed by atoms with Gasteiger partial charge in [-0.15, -0.1) is 0 Å². The van der Waals surface area contributed by atoms with Crippen LogP contribution in [-0.2, 0) is 14.9 Å². The third kappa shape index (κ3) is 5.33. The zero-order valence-electron chi connectivity index (χ0n) is 20.4. The second kappa shape index (κ2) is 10.0. The van der Waals surface area contributed by atoms with Gasteiger partial charge in [-0.05, 0) is 30.0 Å². The first-order valence-electron chi connectivity index (χ1n) is 11.6. The summed E-state index contributed by atoms with van der Waals surface area (Å²) in [5.74, 6) is -0.369. The zero-order chi connectivity index (χ0) is 23.5. The van der Waals surface area contributed by atoms with Crippen molar-refractivity contribution in [1.82, 2.24) is 20.0 Å². The van der Waals surface area contributed by atoms with E-state index in [-0.39, 0.29) is 24.0 Å². The molecule has 0 saturated carbocycles. The van der Waals surface area contributed by atoms with Crippen LogP contribution in [0, 0.1) is 0 Å². The van der Waals surface area contributed by atoms with Crippen LogP contribution in [0.15, 0.2) is 35.5 Å². The minimum Gasteiger partial charge on any atom is -0.463 e. The second-order valence-electron chi connectivity index (χ2n) is 9.60. The molecule has 1 N–H and O–H groups in total. The van der Waals surface area contributed by atoms with Gasteiger partial charge in [0.05, 0.1) is 18.2 Å². The molecule has 2 amide bonds. The molecule has 0 aromatic heterocycles. The Hall–Kier alpha value is -2.38. The summed E-state index contributed by atoms with van der Waals surface area (Å²) in [6, 6.07) is 7.43. The number of nitrogens with one attached hydrogen (secondary N) is 1. The van der Waals surface area contributed by atoms with E-state index in [1.54, 1.807) is 18.9 Å². The number of esters is 1. The number of urea groups is 1. The normalized spacial score (nSPS) is 21.0. The van der Waals surface area contributed by atoms with Gasteiger partial charge in [0.1, 0.15) is 0 Å². The van der Waals surface area contributed by atoms with Crippen LogP contribution in [0.1, 0.15) is 51.8 Å². The van der Waals surface area contributed by atoms with Crippen molar-refractivity contribution in [2.45, 2.75) is 46.1 Å². The Morgan fingerprint density at radius 3 is 2.19 bits per heavy atom. The average molecular weight is 443 g/mol. The van der Waals surface area contributed by atoms with E-state index in [0.717, 1.165) is 44.0 Å². The third-order valence-corrected chi connectivity index (χ3v) is 6.47. The number of rotatable bonds is 6. The maximum absolute atomic E-state index is 13.1. The topological polar surface area (TPSA) is 65.1 Å². The van der Waals surface area contributed by atoms with Crippen molar-refractivity contribution in [3.63, 3.8) is 0 Å². The van der Waals surface area contributed by atoms with E-state index in [2.05, 4.69) is 54.9 Å². The molecule has 7 heteroatoms. The molecule has 0 radical (unpaired) electrons. The first-order chi connectivity index (χ1) is 15.2. The van der Waals surface area contributed by atoms with Crippen LogP contribution in [0.3, 0.4) is 0 Å². The number of piperazine rings is 1. The number of carbonyl (C=O) groups excluding carboxylic acids is 2. The highest BCUT2D eigenvalue weighted by molar-refractivity contribution is 5.95. The highest BCUT2D eigenvalue weighted by atomic mass is 16.5. The van der Waals surface area contributed by atoms with Crippen molar-refractivity contribution in [2.24, 2.45) is 0 Å². The summed E-state index contributed by atoms with van der Waals surface area (Å²) < 4.78 is 5.45. The molecule has 1 aromatic carbocycles. The largest absolute Gasteiger partial charge is 0.463 e. The summed E-state index contributed by atoms with van der Waals surface area (Å²) in [4.78, 5) is 32.3. The van der Waals surface area contributed by atoms with Crippen LogP contribution in [0.5, 0.6) is 0 Å². The summed E-state index contributed by atoms with van der Waals surface area (Å²) in [5.41, 5.74) is 3.37. The molecule has 3 rings (SSSR count). The molecule has 0 aliphatic carbocycles. The quantitative estimate of drug-likeness (QED) is 0.686. The lowest BCUT2D eigenvalue weighted by Crippen LogP contribution is -2.52. The van der Waals surface area contributed by atoms with E-state index in [1.165, 1.54) is 5.56 Å². The van der Waals surface area contributed by atoms with Gasteiger partial charge < -0.3 is 15.0 Å². The Balaban J connectivity index is 1.98. The summed E-state index contributed by atoms with van der Waals surface area (Å²) in [6.07, 6.45) is 0. The Morgan fingerprint density at radius 1 is 1.06 bits per heavy atom. The van der Waals surface area contributed by atoms with Gasteiger partial charge in [-0.25, -0.2) is 9.59 Å². The number of carbonyl (C=O) groups is 2. The number of ether oxygens (including phenoxy) is 1. The maximum atomic E-state index is 13.1. The van der Waals surface area contributed by atoms with Crippen molar-refractivity contribution in [3.05, 3.63) is 46.7 Å². The average Bonchev–Trinajstić information content (AvgIpc) is 2.77. The fourth-order valence-corrected chi connectivity index (χ4v) is 4.30.